The monoisotopic (exact) mass is 573 g/mol. The maximum atomic E-state index is 13.9. The van der Waals surface area contributed by atoms with Gasteiger partial charge in [-0.15, -0.1) is 0 Å². The van der Waals surface area contributed by atoms with E-state index in [0.29, 0.717) is 40.1 Å². The Labute approximate surface area is 241 Å². The highest BCUT2D eigenvalue weighted by atomic mass is 32.1. The van der Waals surface area contributed by atoms with Gasteiger partial charge in [0.2, 0.25) is 0 Å². The van der Waals surface area contributed by atoms with Gasteiger partial charge in [-0.3, -0.25) is 14.3 Å². The minimum atomic E-state index is -1.06. The molecule has 5 rings (SSSR count). The molecule has 3 heterocycles. The van der Waals surface area contributed by atoms with Crippen molar-refractivity contribution in [2.75, 3.05) is 20.8 Å². The lowest BCUT2D eigenvalue weighted by atomic mass is 9.94. The molecular weight excluding hydrogens is 542 g/mol. The second kappa shape index (κ2) is 11.6. The molecule has 0 saturated carbocycles. The summed E-state index contributed by atoms with van der Waals surface area (Å²) < 4.78 is 17.9. The number of carbonyl (C=O) groups is 1. The number of benzene rings is 2. The molecule has 1 atom stereocenters. The first-order valence-electron chi connectivity index (χ1n) is 13.3. The van der Waals surface area contributed by atoms with Gasteiger partial charge < -0.3 is 14.2 Å². The predicted molar refractivity (Wildman–Crippen MR) is 154 cm³/mol. The van der Waals surface area contributed by atoms with Crippen LogP contribution < -0.4 is 15.0 Å². The standard InChI is InChI=1S/C30H31N5O5S/c1-30(2,18-31)28-33-26-24(27(36)35(28)16-20-12-13-21(38-3)15-23(20)39-4)32-25(41-26)22-11-8-14-34(22)29(37)40-17-19-9-6-5-7-10-19/h5-7,9-10,12-13,15,22H,8,11,14,16-17H2,1-4H3. The number of thiazole rings is 1. The number of amides is 1. The lowest BCUT2D eigenvalue weighted by molar-refractivity contribution is 0.0920. The van der Waals surface area contributed by atoms with Crippen molar-refractivity contribution < 1.29 is 19.0 Å². The lowest BCUT2D eigenvalue weighted by Gasteiger charge is -2.22. The van der Waals surface area contributed by atoms with Crippen molar-refractivity contribution >= 4 is 27.8 Å². The summed E-state index contributed by atoms with van der Waals surface area (Å²) in [6, 6.07) is 16.8. The van der Waals surface area contributed by atoms with E-state index in [1.165, 1.54) is 15.9 Å². The summed E-state index contributed by atoms with van der Waals surface area (Å²) in [4.78, 5) is 38.6. The number of likely N-dealkylation sites (tertiary alicyclic amines) is 1. The molecule has 2 aromatic heterocycles. The van der Waals surface area contributed by atoms with Crippen LogP contribution in [0.2, 0.25) is 0 Å². The van der Waals surface area contributed by atoms with Crippen LogP contribution in [0.25, 0.3) is 10.3 Å². The Bertz CT molecular complexity index is 1670. The topological polar surface area (TPSA) is 120 Å². The van der Waals surface area contributed by atoms with Gasteiger partial charge in [0.1, 0.15) is 34.4 Å². The van der Waals surface area contributed by atoms with Crippen LogP contribution >= 0.6 is 11.3 Å². The summed E-state index contributed by atoms with van der Waals surface area (Å²) in [5.41, 5.74) is 0.426. The number of aromatic nitrogens is 3. The van der Waals surface area contributed by atoms with Crippen molar-refractivity contribution in [2.24, 2.45) is 0 Å². The zero-order valence-electron chi connectivity index (χ0n) is 23.4. The van der Waals surface area contributed by atoms with E-state index >= 15 is 0 Å². The van der Waals surface area contributed by atoms with Crippen molar-refractivity contribution in [3.8, 4) is 17.6 Å². The number of methoxy groups -OCH3 is 2. The molecular formula is C30H31N5O5S. The molecule has 10 nitrogen and oxygen atoms in total. The fourth-order valence-electron chi connectivity index (χ4n) is 4.94. The fourth-order valence-corrected chi connectivity index (χ4v) is 6.02. The molecule has 1 fully saturated rings. The van der Waals surface area contributed by atoms with Gasteiger partial charge in [0.05, 0.1) is 32.9 Å². The van der Waals surface area contributed by atoms with E-state index in [2.05, 4.69) is 6.07 Å². The van der Waals surface area contributed by atoms with Gasteiger partial charge in [-0.2, -0.15) is 5.26 Å². The van der Waals surface area contributed by atoms with Crippen LogP contribution in [0, 0.1) is 11.3 Å². The smallest absolute Gasteiger partial charge is 0.410 e. The van der Waals surface area contributed by atoms with Crippen molar-refractivity contribution in [2.45, 2.75) is 51.3 Å². The number of nitrogens with zero attached hydrogens (tertiary/aromatic N) is 5. The van der Waals surface area contributed by atoms with E-state index in [1.54, 1.807) is 45.1 Å². The number of ether oxygens (including phenoxy) is 3. The minimum Gasteiger partial charge on any atom is -0.497 e. The van der Waals surface area contributed by atoms with E-state index in [1.807, 2.05) is 36.4 Å². The normalized spacial score (nSPS) is 15.1. The number of carbonyl (C=O) groups excluding carboxylic acids is 1. The Morgan fingerprint density at radius 1 is 1.15 bits per heavy atom. The fraction of sp³-hybridized carbons (Fsp3) is 0.367. The zero-order valence-corrected chi connectivity index (χ0v) is 24.2. The minimum absolute atomic E-state index is 0.129. The summed E-state index contributed by atoms with van der Waals surface area (Å²) in [5.74, 6) is 1.50. The first kappa shape index (κ1) is 28.1. The summed E-state index contributed by atoms with van der Waals surface area (Å²) in [6.45, 7) is 4.30. The first-order valence-corrected chi connectivity index (χ1v) is 14.1. The third kappa shape index (κ3) is 5.60. The lowest BCUT2D eigenvalue weighted by Crippen LogP contribution is -2.33. The molecule has 0 N–H and O–H groups in total. The van der Waals surface area contributed by atoms with Gasteiger partial charge in [-0.05, 0) is 44.4 Å². The van der Waals surface area contributed by atoms with Gasteiger partial charge in [-0.25, -0.2) is 14.8 Å². The SMILES string of the molecule is COc1ccc(Cn2c(C(C)(C)C#N)nc3sc(C4CCCN4C(=O)OCc4ccccc4)nc3c2=O)c(OC)c1. The van der Waals surface area contributed by atoms with E-state index < -0.39 is 11.5 Å². The largest absolute Gasteiger partial charge is 0.497 e. The highest BCUT2D eigenvalue weighted by Crippen LogP contribution is 2.37. The molecule has 1 amide bonds. The van der Waals surface area contributed by atoms with Crippen LogP contribution in [0.15, 0.2) is 53.3 Å². The quantitative estimate of drug-likeness (QED) is 0.282. The summed E-state index contributed by atoms with van der Waals surface area (Å²) in [5, 5.41) is 10.6. The molecule has 1 aliphatic rings. The Balaban J connectivity index is 1.51. The van der Waals surface area contributed by atoms with Gasteiger partial charge in [0, 0.05) is 18.2 Å². The zero-order chi connectivity index (χ0) is 29.1. The second-order valence-electron chi connectivity index (χ2n) is 10.3. The Morgan fingerprint density at radius 3 is 2.63 bits per heavy atom. The highest BCUT2D eigenvalue weighted by molar-refractivity contribution is 7.18. The van der Waals surface area contributed by atoms with E-state index in [9.17, 15) is 14.9 Å². The number of rotatable bonds is 8. The molecule has 2 aromatic carbocycles. The first-order chi connectivity index (χ1) is 19.7. The molecule has 1 unspecified atom stereocenters. The number of hydrogen-bond acceptors (Lipinski definition) is 9. The molecule has 212 valence electrons. The molecule has 0 bridgehead atoms. The van der Waals surface area contributed by atoms with Crippen LogP contribution in [0.3, 0.4) is 0 Å². The average Bonchev–Trinajstić information content (AvgIpc) is 3.65. The molecule has 11 heteroatoms. The van der Waals surface area contributed by atoms with E-state index in [0.717, 1.165) is 17.5 Å². The van der Waals surface area contributed by atoms with Crippen LogP contribution in [-0.4, -0.2) is 46.3 Å². The van der Waals surface area contributed by atoms with Crippen LogP contribution in [0.5, 0.6) is 11.5 Å². The second-order valence-corrected chi connectivity index (χ2v) is 11.3. The maximum absolute atomic E-state index is 13.9. The van der Waals surface area contributed by atoms with Crippen molar-refractivity contribution in [1.82, 2.24) is 19.4 Å². The predicted octanol–water partition coefficient (Wildman–Crippen LogP) is 5.19. The number of nitriles is 1. The van der Waals surface area contributed by atoms with Gasteiger partial charge >= 0.3 is 6.09 Å². The summed E-state index contributed by atoms with van der Waals surface area (Å²) in [7, 11) is 3.12. The van der Waals surface area contributed by atoms with Crippen LogP contribution in [-0.2, 0) is 23.3 Å². The molecule has 0 radical (unpaired) electrons. The molecule has 1 aliphatic heterocycles. The maximum Gasteiger partial charge on any atom is 0.410 e. The third-order valence-electron chi connectivity index (χ3n) is 7.18. The molecule has 0 aliphatic carbocycles. The van der Waals surface area contributed by atoms with Crippen molar-refractivity contribution in [3.05, 3.63) is 80.8 Å². The van der Waals surface area contributed by atoms with Gasteiger partial charge in [0.25, 0.3) is 5.56 Å². The van der Waals surface area contributed by atoms with Crippen molar-refractivity contribution in [3.63, 3.8) is 0 Å². The van der Waals surface area contributed by atoms with Crippen LogP contribution in [0.4, 0.5) is 4.79 Å². The molecule has 4 aromatic rings. The number of hydrogen-bond donors (Lipinski definition) is 0. The third-order valence-corrected chi connectivity index (χ3v) is 8.23. The molecule has 0 spiro atoms. The van der Waals surface area contributed by atoms with Gasteiger partial charge in [-0.1, -0.05) is 41.7 Å². The average molecular weight is 574 g/mol. The van der Waals surface area contributed by atoms with Crippen molar-refractivity contribution in [1.29, 1.82) is 5.26 Å². The number of fused-ring (bicyclic) bond motifs is 1. The summed E-state index contributed by atoms with van der Waals surface area (Å²) in [6.07, 6.45) is 1.08. The highest BCUT2D eigenvalue weighted by Gasteiger charge is 2.35. The molecule has 1 saturated heterocycles. The Kier molecular flexibility index (Phi) is 7.94. The van der Waals surface area contributed by atoms with E-state index in [4.69, 9.17) is 24.2 Å². The van der Waals surface area contributed by atoms with Crippen LogP contribution in [0.1, 0.15) is 54.7 Å². The molecule has 41 heavy (non-hydrogen) atoms. The van der Waals surface area contributed by atoms with E-state index in [-0.39, 0.29) is 30.3 Å². The summed E-state index contributed by atoms with van der Waals surface area (Å²) >= 11 is 1.28. The Morgan fingerprint density at radius 2 is 1.93 bits per heavy atom. The van der Waals surface area contributed by atoms with Gasteiger partial charge in [0.15, 0.2) is 10.3 Å². The Hall–Kier alpha value is -4.43.